The molecule has 0 aromatic carbocycles. The molecule has 0 aliphatic heterocycles. The van der Waals surface area contributed by atoms with E-state index in [0.717, 1.165) is 4.90 Å². The van der Waals surface area contributed by atoms with E-state index in [-0.39, 0.29) is 0 Å². The number of nitrogens with two attached hydrogens (primary N) is 1. The molecule has 3 N–H and O–H groups in total. The number of rotatable bonds is 3. The maximum absolute atomic E-state index is 12.5. The van der Waals surface area contributed by atoms with E-state index in [1.165, 1.54) is 20.9 Å². The number of halogens is 3. The van der Waals surface area contributed by atoms with Gasteiger partial charge in [-0.2, -0.15) is 13.2 Å². The molecule has 0 aromatic heterocycles. The van der Waals surface area contributed by atoms with Gasteiger partial charge in [0.25, 0.3) is 5.91 Å². The molecule has 7 heteroatoms. The van der Waals surface area contributed by atoms with E-state index < -0.39 is 29.8 Å². The fourth-order valence-electron chi connectivity index (χ4n) is 0.851. The van der Waals surface area contributed by atoms with E-state index in [4.69, 9.17) is 10.8 Å². The van der Waals surface area contributed by atoms with Gasteiger partial charge in [0, 0.05) is 7.05 Å². The van der Waals surface area contributed by atoms with Gasteiger partial charge in [0.15, 0.2) is 5.54 Å². The van der Waals surface area contributed by atoms with E-state index in [9.17, 15) is 18.0 Å². The predicted molar refractivity (Wildman–Crippen MR) is 52.6 cm³/mol. The van der Waals surface area contributed by atoms with Crippen LogP contribution in [-0.2, 0) is 4.79 Å². The maximum Gasteiger partial charge on any atom is 0.415 e. The number of carbonyl (C=O) groups is 1. The lowest BCUT2D eigenvalue weighted by atomic mass is 9.97. The number of alkyl halides is 3. The Morgan fingerprint density at radius 1 is 1.31 bits per heavy atom. The SMILES string of the molecule is CN(C(=O)C(C)(N)C(F)(F)F)C(C)(C)CO. The van der Waals surface area contributed by atoms with E-state index >= 15 is 0 Å². The molecular weight excluding hydrogens is 225 g/mol. The highest BCUT2D eigenvalue weighted by molar-refractivity contribution is 5.87. The average molecular weight is 242 g/mol. The van der Waals surface area contributed by atoms with E-state index in [2.05, 4.69) is 0 Å². The molecule has 0 rings (SSSR count). The second-order valence-electron chi connectivity index (χ2n) is 4.53. The highest BCUT2D eigenvalue weighted by Crippen LogP contribution is 2.30. The van der Waals surface area contributed by atoms with Crippen molar-refractivity contribution in [3.63, 3.8) is 0 Å². The van der Waals surface area contributed by atoms with Gasteiger partial charge in [0.2, 0.25) is 0 Å². The van der Waals surface area contributed by atoms with Crippen molar-refractivity contribution >= 4 is 5.91 Å². The second-order valence-corrected chi connectivity index (χ2v) is 4.53. The number of nitrogens with zero attached hydrogens (tertiary/aromatic N) is 1. The molecule has 16 heavy (non-hydrogen) atoms. The molecule has 0 aliphatic carbocycles. The molecule has 1 atom stereocenters. The zero-order valence-electron chi connectivity index (χ0n) is 9.72. The van der Waals surface area contributed by atoms with Gasteiger partial charge < -0.3 is 15.7 Å². The lowest BCUT2D eigenvalue weighted by Gasteiger charge is -2.39. The zero-order chi connectivity index (χ0) is 13.4. The van der Waals surface area contributed by atoms with Gasteiger partial charge in [-0.25, -0.2) is 0 Å². The van der Waals surface area contributed by atoms with Crippen molar-refractivity contribution in [1.82, 2.24) is 4.90 Å². The summed E-state index contributed by atoms with van der Waals surface area (Å²) in [5.74, 6) is -1.28. The Hall–Kier alpha value is -0.820. The Bertz CT molecular complexity index is 274. The van der Waals surface area contributed by atoms with Crippen LogP contribution in [-0.4, -0.2) is 46.8 Å². The highest BCUT2D eigenvalue weighted by atomic mass is 19.4. The fourth-order valence-corrected chi connectivity index (χ4v) is 0.851. The number of aliphatic hydroxyl groups excluding tert-OH is 1. The molecule has 0 aromatic rings. The standard InChI is InChI=1S/C9H17F3N2O2/c1-7(2,5-15)14(4)6(16)8(3,13)9(10,11)12/h15H,5,13H2,1-4H3. The van der Waals surface area contributed by atoms with Crippen LogP contribution < -0.4 is 5.73 Å². The summed E-state index contributed by atoms with van der Waals surface area (Å²) in [4.78, 5) is 12.4. The Morgan fingerprint density at radius 2 is 1.69 bits per heavy atom. The summed E-state index contributed by atoms with van der Waals surface area (Å²) in [5.41, 5.74) is 0.947. The number of hydrogen-bond acceptors (Lipinski definition) is 3. The Labute approximate surface area is 92.2 Å². The smallest absolute Gasteiger partial charge is 0.394 e. The summed E-state index contributed by atoms with van der Waals surface area (Å²) in [6, 6.07) is 0. The Morgan fingerprint density at radius 3 is 1.94 bits per heavy atom. The summed E-state index contributed by atoms with van der Waals surface area (Å²) in [6.07, 6.45) is -4.83. The van der Waals surface area contributed by atoms with Crippen LogP contribution in [0.5, 0.6) is 0 Å². The van der Waals surface area contributed by atoms with Gasteiger partial charge in [0.05, 0.1) is 12.1 Å². The molecule has 0 heterocycles. The summed E-state index contributed by atoms with van der Waals surface area (Å²) < 4.78 is 37.5. The number of likely N-dealkylation sites (N-methyl/N-ethyl adjacent to an activating group) is 1. The molecule has 96 valence electrons. The second kappa shape index (κ2) is 4.21. The first-order valence-corrected chi connectivity index (χ1v) is 4.62. The Kier molecular flexibility index (Phi) is 4.00. The van der Waals surface area contributed by atoms with Crippen molar-refractivity contribution < 1.29 is 23.1 Å². The van der Waals surface area contributed by atoms with Crippen molar-refractivity contribution in [3.8, 4) is 0 Å². The van der Waals surface area contributed by atoms with Gasteiger partial charge in [-0.3, -0.25) is 4.79 Å². The molecule has 0 bridgehead atoms. The quantitative estimate of drug-likeness (QED) is 0.757. The number of hydrogen-bond donors (Lipinski definition) is 2. The van der Waals surface area contributed by atoms with Gasteiger partial charge >= 0.3 is 6.18 Å². The molecule has 1 unspecified atom stereocenters. The number of amides is 1. The lowest BCUT2D eigenvalue weighted by Crippen LogP contribution is -2.65. The Balaban J connectivity index is 5.09. The molecule has 0 fully saturated rings. The van der Waals surface area contributed by atoms with Gasteiger partial charge in [-0.05, 0) is 20.8 Å². The van der Waals surface area contributed by atoms with Crippen LogP contribution in [0.2, 0.25) is 0 Å². The summed E-state index contributed by atoms with van der Waals surface area (Å²) in [5, 5.41) is 8.97. The number of carbonyl (C=O) groups excluding carboxylic acids is 1. The normalized spacial score (nSPS) is 16.8. The van der Waals surface area contributed by atoms with Gasteiger partial charge in [-0.15, -0.1) is 0 Å². The minimum Gasteiger partial charge on any atom is -0.394 e. The zero-order valence-corrected chi connectivity index (χ0v) is 9.72. The van der Waals surface area contributed by atoms with E-state index in [1.807, 2.05) is 0 Å². The molecule has 4 nitrogen and oxygen atoms in total. The van der Waals surface area contributed by atoms with Crippen LogP contribution >= 0.6 is 0 Å². The fraction of sp³-hybridized carbons (Fsp3) is 0.889. The molecule has 0 aliphatic rings. The third-order valence-electron chi connectivity index (χ3n) is 2.63. The molecule has 1 amide bonds. The summed E-state index contributed by atoms with van der Waals surface area (Å²) in [7, 11) is 1.18. The van der Waals surface area contributed by atoms with Crippen molar-refractivity contribution in [2.45, 2.75) is 38.0 Å². The van der Waals surface area contributed by atoms with Crippen LogP contribution in [0, 0.1) is 0 Å². The first-order valence-electron chi connectivity index (χ1n) is 4.62. The van der Waals surface area contributed by atoms with Crippen molar-refractivity contribution in [2.75, 3.05) is 13.7 Å². The van der Waals surface area contributed by atoms with Crippen molar-refractivity contribution in [3.05, 3.63) is 0 Å². The van der Waals surface area contributed by atoms with Crippen LogP contribution in [0.25, 0.3) is 0 Å². The number of aliphatic hydroxyl groups is 1. The third kappa shape index (κ3) is 2.65. The minimum atomic E-state index is -4.83. The van der Waals surface area contributed by atoms with Gasteiger partial charge in [-0.1, -0.05) is 0 Å². The molecule has 0 radical (unpaired) electrons. The topological polar surface area (TPSA) is 66.6 Å². The van der Waals surface area contributed by atoms with E-state index in [0.29, 0.717) is 6.92 Å². The van der Waals surface area contributed by atoms with Crippen LogP contribution in [0.4, 0.5) is 13.2 Å². The molecule has 0 spiro atoms. The first-order chi connectivity index (χ1) is 6.88. The van der Waals surface area contributed by atoms with E-state index in [1.54, 1.807) is 0 Å². The van der Waals surface area contributed by atoms with Crippen molar-refractivity contribution in [2.24, 2.45) is 5.73 Å². The largest absolute Gasteiger partial charge is 0.415 e. The molecule has 0 saturated carbocycles. The minimum absolute atomic E-state index is 0.455. The van der Waals surface area contributed by atoms with Crippen LogP contribution in [0.1, 0.15) is 20.8 Å². The van der Waals surface area contributed by atoms with Gasteiger partial charge in [0.1, 0.15) is 0 Å². The first kappa shape index (κ1) is 15.2. The van der Waals surface area contributed by atoms with Crippen molar-refractivity contribution in [1.29, 1.82) is 0 Å². The van der Waals surface area contributed by atoms with Crippen LogP contribution in [0.15, 0.2) is 0 Å². The highest BCUT2D eigenvalue weighted by Gasteiger charge is 2.56. The lowest BCUT2D eigenvalue weighted by molar-refractivity contribution is -0.196. The summed E-state index contributed by atoms with van der Waals surface area (Å²) in [6.45, 7) is 3.04. The predicted octanol–water partition coefficient (Wildman–Crippen LogP) is 0.495. The molecule has 0 saturated heterocycles. The maximum atomic E-state index is 12.5. The third-order valence-corrected chi connectivity index (χ3v) is 2.63. The van der Waals surface area contributed by atoms with Crippen LogP contribution in [0.3, 0.4) is 0 Å². The molecular formula is C9H17F3N2O2. The summed E-state index contributed by atoms with van der Waals surface area (Å²) >= 11 is 0. The average Bonchev–Trinajstić information content (AvgIpc) is 2.13. The monoisotopic (exact) mass is 242 g/mol.